The molecule has 0 saturated heterocycles. The fraction of sp³-hybridized carbons (Fsp3) is 0.444. The van der Waals surface area contributed by atoms with E-state index in [2.05, 4.69) is 9.97 Å². The highest BCUT2D eigenvalue weighted by atomic mass is 16.3. The molecule has 6 nitrogen and oxygen atoms in total. The van der Waals surface area contributed by atoms with E-state index in [0.29, 0.717) is 17.1 Å². The molecule has 0 spiro atoms. The van der Waals surface area contributed by atoms with Crippen LogP contribution in [-0.4, -0.2) is 28.6 Å². The number of aryl methyl sites for hydroxylation is 2. The van der Waals surface area contributed by atoms with Crippen LogP contribution >= 0.6 is 0 Å². The Balaban J connectivity index is 2.81. The zero-order valence-electron chi connectivity index (χ0n) is 9.22. The standard InChI is InChI=1S/C9H13N5O/c1-12(2)9-10-7-6(8(15)11-9)13(3)5-14(7)4/h5H,1-4H3. The second-order valence-electron chi connectivity index (χ2n) is 3.73. The molecule has 0 fully saturated rings. The Kier molecular flexibility index (Phi) is 1.99. The van der Waals surface area contributed by atoms with E-state index in [1.807, 2.05) is 32.8 Å². The van der Waals surface area contributed by atoms with Crippen molar-refractivity contribution in [3.05, 3.63) is 6.33 Å². The Bertz CT molecular complexity index is 517. The zero-order valence-corrected chi connectivity index (χ0v) is 9.22. The quantitative estimate of drug-likeness (QED) is 0.559. The van der Waals surface area contributed by atoms with Crippen LogP contribution in [0.3, 0.4) is 0 Å². The Morgan fingerprint density at radius 1 is 1.40 bits per heavy atom. The second-order valence-corrected chi connectivity index (χ2v) is 3.73. The summed E-state index contributed by atoms with van der Waals surface area (Å²) in [5, 5.41) is 11.7. The van der Waals surface area contributed by atoms with Crippen molar-refractivity contribution in [1.29, 1.82) is 0 Å². The molecule has 0 aliphatic heterocycles. The van der Waals surface area contributed by atoms with Gasteiger partial charge >= 0.3 is 11.6 Å². The largest absolute Gasteiger partial charge is 0.856 e. The van der Waals surface area contributed by atoms with E-state index in [1.54, 1.807) is 15.8 Å². The van der Waals surface area contributed by atoms with E-state index in [1.165, 1.54) is 0 Å². The Hall–Kier alpha value is -1.85. The number of rotatable bonds is 1. The average Bonchev–Trinajstić information content (AvgIpc) is 2.42. The summed E-state index contributed by atoms with van der Waals surface area (Å²) in [6.45, 7) is 0. The minimum atomic E-state index is -0.244. The van der Waals surface area contributed by atoms with Gasteiger partial charge in [-0.2, -0.15) is 0 Å². The van der Waals surface area contributed by atoms with Crippen molar-refractivity contribution in [2.45, 2.75) is 0 Å². The molecule has 0 N–H and O–H groups in total. The van der Waals surface area contributed by atoms with Gasteiger partial charge < -0.3 is 10.0 Å². The van der Waals surface area contributed by atoms with Crippen LogP contribution in [0.5, 0.6) is 5.88 Å². The topological polar surface area (TPSA) is 60.9 Å². The molecule has 2 rings (SSSR count). The number of nitrogens with zero attached hydrogens (tertiary/aromatic N) is 5. The molecule has 0 aliphatic carbocycles. The van der Waals surface area contributed by atoms with E-state index >= 15 is 0 Å². The minimum Gasteiger partial charge on any atom is -0.856 e. The third kappa shape index (κ3) is 1.38. The summed E-state index contributed by atoms with van der Waals surface area (Å²) in [6.07, 6.45) is 1.81. The van der Waals surface area contributed by atoms with Gasteiger partial charge in [0.05, 0.1) is 14.1 Å². The smallest absolute Gasteiger partial charge is 0.306 e. The van der Waals surface area contributed by atoms with Crippen LogP contribution in [0.2, 0.25) is 0 Å². The Morgan fingerprint density at radius 2 is 2.07 bits per heavy atom. The maximum Gasteiger partial charge on any atom is 0.306 e. The van der Waals surface area contributed by atoms with E-state index in [4.69, 9.17) is 0 Å². The lowest BCUT2D eigenvalue weighted by atomic mass is 10.5. The van der Waals surface area contributed by atoms with Crippen LogP contribution < -0.4 is 14.6 Å². The summed E-state index contributed by atoms with van der Waals surface area (Å²) in [4.78, 5) is 9.93. The summed E-state index contributed by atoms with van der Waals surface area (Å²) >= 11 is 0. The molecule has 15 heavy (non-hydrogen) atoms. The van der Waals surface area contributed by atoms with Crippen molar-refractivity contribution in [2.24, 2.45) is 14.1 Å². The number of aromatic nitrogens is 4. The van der Waals surface area contributed by atoms with Crippen LogP contribution in [-0.2, 0) is 14.1 Å². The molecule has 0 atom stereocenters. The van der Waals surface area contributed by atoms with Gasteiger partial charge in [0.15, 0.2) is 11.8 Å². The lowest BCUT2D eigenvalue weighted by Crippen LogP contribution is -2.27. The molecular formula is C9H13N5O. The first-order chi connectivity index (χ1) is 7.00. The summed E-state index contributed by atoms with van der Waals surface area (Å²) in [7, 11) is 7.28. The van der Waals surface area contributed by atoms with Gasteiger partial charge in [-0.05, 0) is 0 Å². The Morgan fingerprint density at radius 3 is 2.67 bits per heavy atom. The summed E-state index contributed by atoms with van der Waals surface area (Å²) < 4.78 is 3.54. The van der Waals surface area contributed by atoms with Crippen molar-refractivity contribution < 1.29 is 9.67 Å². The number of fused-ring (bicyclic) bond motifs is 1. The van der Waals surface area contributed by atoms with E-state index in [-0.39, 0.29) is 5.88 Å². The van der Waals surface area contributed by atoms with Crippen LogP contribution in [0.4, 0.5) is 5.95 Å². The first-order valence-corrected chi connectivity index (χ1v) is 4.57. The fourth-order valence-corrected chi connectivity index (χ4v) is 1.54. The highest BCUT2D eigenvalue weighted by Crippen LogP contribution is 2.18. The van der Waals surface area contributed by atoms with Gasteiger partial charge in [-0.3, -0.25) is 4.57 Å². The van der Waals surface area contributed by atoms with Gasteiger partial charge in [0.1, 0.15) is 0 Å². The number of hydrogen-bond donors (Lipinski definition) is 0. The first-order valence-electron chi connectivity index (χ1n) is 4.57. The molecule has 80 valence electrons. The Labute approximate surface area is 87.4 Å². The maximum absolute atomic E-state index is 11.7. The number of imidazole rings is 1. The predicted molar refractivity (Wildman–Crippen MR) is 53.5 cm³/mol. The predicted octanol–water partition coefficient (Wildman–Crippen LogP) is -1.07. The lowest BCUT2D eigenvalue weighted by Gasteiger charge is -2.10. The minimum absolute atomic E-state index is 0.244. The molecule has 0 unspecified atom stereocenters. The van der Waals surface area contributed by atoms with Crippen LogP contribution in [0.1, 0.15) is 0 Å². The second kappa shape index (κ2) is 3.08. The van der Waals surface area contributed by atoms with Gasteiger partial charge in [-0.25, -0.2) is 9.55 Å². The molecule has 0 amide bonds. The molecule has 0 radical (unpaired) electrons. The molecule has 2 aromatic rings. The molecule has 0 bridgehead atoms. The number of anilines is 1. The maximum atomic E-state index is 11.7. The van der Waals surface area contributed by atoms with Crippen molar-refractivity contribution in [1.82, 2.24) is 14.5 Å². The van der Waals surface area contributed by atoms with Crippen molar-refractivity contribution >= 4 is 17.1 Å². The third-order valence-electron chi connectivity index (χ3n) is 2.26. The van der Waals surface area contributed by atoms with Crippen molar-refractivity contribution in [3.63, 3.8) is 0 Å². The molecule has 0 aromatic carbocycles. The molecule has 6 heteroatoms. The van der Waals surface area contributed by atoms with Gasteiger partial charge in [0.2, 0.25) is 0 Å². The van der Waals surface area contributed by atoms with Gasteiger partial charge in [-0.15, -0.1) is 0 Å². The van der Waals surface area contributed by atoms with Crippen molar-refractivity contribution in [2.75, 3.05) is 19.0 Å². The average molecular weight is 207 g/mol. The first kappa shape index (κ1) is 9.70. The molecular weight excluding hydrogens is 194 g/mol. The highest BCUT2D eigenvalue weighted by molar-refractivity contribution is 5.74. The number of hydrogen-bond acceptors (Lipinski definition) is 4. The molecule has 0 aliphatic rings. The van der Waals surface area contributed by atoms with E-state index in [9.17, 15) is 5.11 Å². The van der Waals surface area contributed by atoms with Crippen LogP contribution in [0.25, 0.3) is 11.2 Å². The zero-order chi connectivity index (χ0) is 11.2. The van der Waals surface area contributed by atoms with Crippen LogP contribution in [0.15, 0.2) is 6.33 Å². The normalized spacial score (nSPS) is 10.9. The summed E-state index contributed by atoms with van der Waals surface area (Å²) in [5.41, 5.74) is 1.18. The van der Waals surface area contributed by atoms with Crippen LogP contribution in [0, 0.1) is 0 Å². The van der Waals surface area contributed by atoms with Gasteiger partial charge in [0.25, 0.3) is 0 Å². The summed E-state index contributed by atoms with van der Waals surface area (Å²) in [6, 6.07) is 0. The third-order valence-corrected chi connectivity index (χ3v) is 2.26. The molecule has 2 aromatic heterocycles. The highest BCUT2D eigenvalue weighted by Gasteiger charge is 2.16. The molecule has 0 saturated carbocycles. The lowest BCUT2D eigenvalue weighted by molar-refractivity contribution is -0.647. The summed E-state index contributed by atoms with van der Waals surface area (Å²) in [5.74, 6) is 0.195. The van der Waals surface area contributed by atoms with Gasteiger partial charge in [0, 0.05) is 20.0 Å². The van der Waals surface area contributed by atoms with E-state index < -0.39 is 0 Å². The van der Waals surface area contributed by atoms with Crippen molar-refractivity contribution in [3.8, 4) is 5.88 Å². The monoisotopic (exact) mass is 207 g/mol. The molecule has 2 heterocycles. The fourth-order valence-electron chi connectivity index (χ4n) is 1.54. The SMILES string of the molecule is CN(C)c1nc([O-])c2c(n1)[n+](C)cn2C. The van der Waals surface area contributed by atoms with Gasteiger partial charge in [-0.1, -0.05) is 4.98 Å². The van der Waals surface area contributed by atoms with E-state index in [0.717, 1.165) is 0 Å².